The maximum atomic E-state index is 11.0. The molecule has 1 heterocycles. The van der Waals surface area contributed by atoms with Crippen LogP contribution < -0.4 is 10.2 Å². The summed E-state index contributed by atoms with van der Waals surface area (Å²) >= 11 is 0. The second-order valence-corrected chi connectivity index (χ2v) is 2.83. The lowest BCUT2D eigenvalue weighted by molar-refractivity contribution is -0.660. The molecule has 0 radical (unpaired) electrons. The molecule has 0 saturated carbocycles. The van der Waals surface area contributed by atoms with E-state index < -0.39 is 6.03 Å². The second-order valence-electron chi connectivity index (χ2n) is 2.83. The summed E-state index contributed by atoms with van der Waals surface area (Å²) < 4.78 is 2.52. The maximum Gasteiger partial charge on any atom is 0.457 e. The van der Waals surface area contributed by atoms with Gasteiger partial charge in [0.15, 0.2) is 18.1 Å². The molecule has 6 nitrogen and oxygen atoms in total. The topological polar surface area (TPSA) is 71.0 Å². The Balaban J connectivity index is 2.32. The third-order valence-corrected chi connectivity index (χ3v) is 1.87. The average Bonchev–Trinajstić information content (AvgIpc) is 2.78. The lowest BCUT2D eigenvalue weighted by Crippen LogP contribution is -2.36. The number of aromatic nitrogens is 3. The van der Waals surface area contributed by atoms with E-state index in [1.54, 1.807) is 6.20 Å². The molecular weight excluding hydrogens is 196 g/mol. The van der Waals surface area contributed by atoms with Gasteiger partial charge in [0.05, 0.1) is 0 Å². The molecule has 2 N–H and O–H groups in total. The van der Waals surface area contributed by atoms with Crippen LogP contribution in [0.5, 0.6) is 0 Å². The van der Waals surface area contributed by atoms with E-state index in [1.165, 1.54) is 16.4 Å². The number of carbonyl (C=O) groups is 1. The Hall–Kier alpha value is -2.21. The quantitative estimate of drug-likeness (QED) is 0.394. The molecule has 1 aromatic heterocycles. The molecule has 0 spiro atoms. The van der Waals surface area contributed by atoms with E-state index >= 15 is 0 Å². The molecule has 76 valence electrons. The van der Waals surface area contributed by atoms with Crippen LogP contribution in [-0.4, -0.2) is 21.1 Å². The van der Waals surface area contributed by atoms with Crippen LogP contribution in [0.15, 0.2) is 42.7 Å². The molecule has 15 heavy (non-hydrogen) atoms. The molecule has 1 aromatic carbocycles. The summed E-state index contributed by atoms with van der Waals surface area (Å²) in [5.74, 6) is 0. The predicted octanol–water partition coefficient (Wildman–Crippen LogP) is 0.107. The number of amides is 1. The van der Waals surface area contributed by atoms with Crippen LogP contribution in [0.2, 0.25) is 0 Å². The Labute approximate surface area is 85.3 Å². The molecular formula is C9H9N4O2+. The highest BCUT2D eigenvalue weighted by atomic mass is 16.5. The normalized spacial score (nSPS) is 9.93. The lowest BCUT2D eigenvalue weighted by Gasteiger charge is -1.90. The van der Waals surface area contributed by atoms with Crippen molar-refractivity contribution in [3.8, 4) is 5.69 Å². The summed E-state index contributed by atoms with van der Waals surface area (Å²) in [6.07, 6.45) is 3.06. The van der Waals surface area contributed by atoms with Gasteiger partial charge < -0.3 is 0 Å². The van der Waals surface area contributed by atoms with Crippen LogP contribution in [0.3, 0.4) is 0 Å². The average molecular weight is 205 g/mol. The molecule has 0 atom stereocenters. The van der Waals surface area contributed by atoms with Crippen molar-refractivity contribution in [1.29, 1.82) is 0 Å². The van der Waals surface area contributed by atoms with E-state index in [0.29, 0.717) is 0 Å². The fraction of sp³-hybridized carbons (Fsp3) is 0. The van der Waals surface area contributed by atoms with Gasteiger partial charge in [-0.05, 0) is 16.8 Å². The third kappa shape index (κ3) is 1.84. The molecule has 0 fully saturated rings. The van der Waals surface area contributed by atoms with E-state index in [-0.39, 0.29) is 0 Å². The number of rotatable bonds is 1. The van der Waals surface area contributed by atoms with E-state index in [4.69, 9.17) is 5.21 Å². The number of carbonyl (C=O) groups excluding carboxylic acids is 1. The van der Waals surface area contributed by atoms with Crippen molar-refractivity contribution in [3.05, 3.63) is 42.7 Å². The standard InChI is InChI=1S/C9H8N4O2/c14-9(10-15)13-7-6-12(11-13)8-4-2-1-3-5-8/h1-7H,(H-,10,11,14,15)/p+1. The Morgan fingerprint density at radius 1 is 1.40 bits per heavy atom. The summed E-state index contributed by atoms with van der Waals surface area (Å²) in [7, 11) is 0. The maximum absolute atomic E-state index is 11.0. The minimum Gasteiger partial charge on any atom is -0.285 e. The van der Waals surface area contributed by atoms with Crippen LogP contribution in [0.4, 0.5) is 4.79 Å². The van der Waals surface area contributed by atoms with Crippen LogP contribution in [0.1, 0.15) is 0 Å². The van der Waals surface area contributed by atoms with E-state index in [9.17, 15) is 4.79 Å². The van der Waals surface area contributed by atoms with Crippen molar-refractivity contribution >= 4 is 6.03 Å². The van der Waals surface area contributed by atoms with Crippen LogP contribution in [0, 0.1) is 0 Å². The van der Waals surface area contributed by atoms with Gasteiger partial charge in [-0.25, -0.2) is 4.79 Å². The molecule has 2 rings (SSSR count). The molecule has 0 bridgehead atoms. The fourth-order valence-corrected chi connectivity index (χ4v) is 1.17. The Morgan fingerprint density at radius 3 is 2.80 bits per heavy atom. The monoisotopic (exact) mass is 205 g/mol. The van der Waals surface area contributed by atoms with Gasteiger partial charge in [0.1, 0.15) is 5.21 Å². The molecule has 0 aliphatic rings. The summed E-state index contributed by atoms with van der Waals surface area (Å²) in [6.45, 7) is 0. The van der Waals surface area contributed by atoms with Crippen LogP contribution in [-0.2, 0) is 0 Å². The minimum absolute atomic E-state index is 0.704. The van der Waals surface area contributed by atoms with Crippen molar-refractivity contribution in [2.75, 3.05) is 0 Å². The van der Waals surface area contributed by atoms with Gasteiger partial charge in [0, 0.05) is 0 Å². The number of nitrogens with zero attached hydrogens (tertiary/aromatic N) is 3. The van der Waals surface area contributed by atoms with Crippen molar-refractivity contribution < 1.29 is 14.7 Å². The van der Waals surface area contributed by atoms with E-state index in [2.05, 4.69) is 5.21 Å². The SMILES string of the molecule is O=C(NO)n1cc[n+](-c2ccccc2)n1. The Morgan fingerprint density at radius 2 is 2.13 bits per heavy atom. The molecule has 2 aromatic rings. The largest absolute Gasteiger partial charge is 0.457 e. The first-order valence-electron chi connectivity index (χ1n) is 4.29. The highest BCUT2D eigenvalue weighted by Crippen LogP contribution is 1.95. The van der Waals surface area contributed by atoms with Gasteiger partial charge in [0.2, 0.25) is 0 Å². The fourth-order valence-electron chi connectivity index (χ4n) is 1.17. The van der Waals surface area contributed by atoms with Gasteiger partial charge in [-0.3, -0.25) is 5.21 Å². The van der Waals surface area contributed by atoms with Gasteiger partial charge >= 0.3 is 6.03 Å². The van der Waals surface area contributed by atoms with Gasteiger partial charge in [0.25, 0.3) is 0 Å². The summed E-state index contributed by atoms with van der Waals surface area (Å²) in [4.78, 5) is 11.0. The zero-order chi connectivity index (χ0) is 10.7. The van der Waals surface area contributed by atoms with E-state index in [1.807, 2.05) is 30.3 Å². The molecule has 6 heteroatoms. The number of para-hydroxylation sites is 1. The molecule has 0 aliphatic heterocycles. The smallest absolute Gasteiger partial charge is 0.285 e. The summed E-state index contributed by atoms with van der Waals surface area (Å²) in [5.41, 5.74) is 2.33. The first-order chi connectivity index (χ1) is 7.31. The first-order valence-corrected chi connectivity index (χ1v) is 4.29. The highest BCUT2D eigenvalue weighted by Gasteiger charge is 2.14. The van der Waals surface area contributed by atoms with Crippen molar-refractivity contribution in [2.24, 2.45) is 0 Å². The number of hydrogen-bond acceptors (Lipinski definition) is 3. The lowest BCUT2D eigenvalue weighted by atomic mass is 10.3. The number of nitrogens with one attached hydrogen (secondary N) is 1. The Kier molecular flexibility index (Phi) is 2.42. The third-order valence-electron chi connectivity index (χ3n) is 1.87. The zero-order valence-electron chi connectivity index (χ0n) is 7.74. The highest BCUT2D eigenvalue weighted by molar-refractivity contribution is 5.73. The minimum atomic E-state index is -0.704. The van der Waals surface area contributed by atoms with E-state index in [0.717, 1.165) is 10.4 Å². The number of hydroxylamine groups is 1. The second kappa shape index (κ2) is 3.89. The summed E-state index contributed by atoms with van der Waals surface area (Å²) in [6, 6.07) is 8.63. The zero-order valence-corrected chi connectivity index (χ0v) is 7.74. The first kappa shape index (κ1) is 9.35. The number of hydrogen-bond donors (Lipinski definition) is 2. The van der Waals surface area contributed by atoms with Gasteiger partial charge in [-0.15, -0.1) is 4.68 Å². The summed E-state index contributed by atoms with van der Waals surface area (Å²) in [5, 5.41) is 12.3. The van der Waals surface area contributed by atoms with Crippen LogP contribution in [0.25, 0.3) is 5.69 Å². The van der Waals surface area contributed by atoms with Gasteiger partial charge in [-0.1, -0.05) is 18.2 Å². The van der Waals surface area contributed by atoms with Crippen molar-refractivity contribution in [3.63, 3.8) is 0 Å². The van der Waals surface area contributed by atoms with Gasteiger partial charge in [-0.2, -0.15) is 5.48 Å². The number of benzene rings is 1. The van der Waals surface area contributed by atoms with Crippen LogP contribution >= 0.6 is 0 Å². The molecule has 0 saturated heterocycles. The Bertz CT molecular complexity index is 466. The van der Waals surface area contributed by atoms with Crippen molar-refractivity contribution in [2.45, 2.75) is 0 Å². The molecule has 1 amide bonds. The van der Waals surface area contributed by atoms with Crippen molar-refractivity contribution in [1.82, 2.24) is 15.4 Å². The molecule has 0 unspecified atom stereocenters. The molecule has 0 aliphatic carbocycles. The predicted molar refractivity (Wildman–Crippen MR) is 49.5 cm³/mol.